The van der Waals surface area contributed by atoms with E-state index >= 15 is 0 Å². The summed E-state index contributed by atoms with van der Waals surface area (Å²) in [5, 5.41) is 3.36. The van der Waals surface area contributed by atoms with Gasteiger partial charge in [0.1, 0.15) is 6.04 Å². The van der Waals surface area contributed by atoms with E-state index in [0.717, 1.165) is 16.3 Å². The van der Waals surface area contributed by atoms with Crippen molar-refractivity contribution in [3.63, 3.8) is 0 Å². The van der Waals surface area contributed by atoms with Gasteiger partial charge in [0.05, 0.1) is 11.9 Å². The van der Waals surface area contributed by atoms with Crippen molar-refractivity contribution in [2.45, 2.75) is 52.2 Å². The summed E-state index contributed by atoms with van der Waals surface area (Å²) in [6, 6.07) is 13.3. The molecule has 0 heterocycles. The summed E-state index contributed by atoms with van der Waals surface area (Å²) in [4.78, 5) is 27.4. The molecular weight excluding hydrogens is 542 g/mol. The van der Waals surface area contributed by atoms with E-state index < -0.39 is 16.1 Å². The van der Waals surface area contributed by atoms with Crippen molar-refractivity contribution in [2.24, 2.45) is 0 Å². The molecule has 2 amide bonds. The number of carbonyl (C=O) groups is 2. The molecule has 0 unspecified atom stereocenters. The average molecular weight is 573 g/mol. The van der Waals surface area contributed by atoms with E-state index in [1.165, 1.54) is 9.21 Å². The molecule has 186 valence electrons. The van der Waals surface area contributed by atoms with E-state index in [4.69, 9.17) is 11.6 Å². The Morgan fingerprint density at radius 1 is 1.03 bits per heavy atom. The molecule has 0 aliphatic carbocycles. The van der Waals surface area contributed by atoms with Crippen molar-refractivity contribution in [3.05, 3.63) is 63.6 Å². The molecule has 0 aromatic heterocycles. The lowest BCUT2D eigenvalue weighted by atomic mass is 10.1. The first-order valence-electron chi connectivity index (χ1n) is 11.0. The highest BCUT2D eigenvalue weighted by Gasteiger charge is 2.27. The molecule has 1 atom stereocenters. The fourth-order valence-electron chi connectivity index (χ4n) is 3.39. The molecule has 34 heavy (non-hydrogen) atoms. The highest BCUT2D eigenvalue weighted by Crippen LogP contribution is 2.21. The summed E-state index contributed by atoms with van der Waals surface area (Å²) in [7, 11) is -3.55. The Morgan fingerprint density at radius 3 is 2.15 bits per heavy atom. The maximum atomic E-state index is 13.2. The van der Waals surface area contributed by atoms with Crippen molar-refractivity contribution in [1.29, 1.82) is 0 Å². The van der Waals surface area contributed by atoms with E-state index in [-0.39, 0.29) is 37.4 Å². The third kappa shape index (κ3) is 8.60. The van der Waals surface area contributed by atoms with Crippen LogP contribution in [0, 0.1) is 0 Å². The number of rotatable bonds is 11. The SMILES string of the molecule is CC(C)NC(=O)[C@@H](C)N(Cc1ccc(Br)cc1)C(=O)CCCN(c1ccc(Cl)cc1)S(C)(=O)=O. The third-order valence-corrected chi connectivity index (χ3v) is 7.11. The predicted molar refractivity (Wildman–Crippen MR) is 140 cm³/mol. The lowest BCUT2D eigenvalue weighted by Gasteiger charge is -2.30. The van der Waals surface area contributed by atoms with Gasteiger partial charge in [-0.25, -0.2) is 8.42 Å². The highest BCUT2D eigenvalue weighted by molar-refractivity contribution is 9.10. The van der Waals surface area contributed by atoms with Gasteiger partial charge in [0.2, 0.25) is 21.8 Å². The quantitative estimate of drug-likeness (QED) is 0.427. The van der Waals surface area contributed by atoms with Gasteiger partial charge in [-0.15, -0.1) is 0 Å². The number of halogens is 2. The van der Waals surface area contributed by atoms with Crippen molar-refractivity contribution < 1.29 is 18.0 Å². The van der Waals surface area contributed by atoms with Gasteiger partial charge in [-0.2, -0.15) is 0 Å². The maximum absolute atomic E-state index is 13.2. The average Bonchev–Trinajstić information content (AvgIpc) is 2.75. The van der Waals surface area contributed by atoms with Gasteiger partial charge in [0.25, 0.3) is 0 Å². The number of benzene rings is 2. The molecule has 2 rings (SSSR count). The molecule has 0 aliphatic heterocycles. The highest BCUT2D eigenvalue weighted by atomic mass is 79.9. The summed E-state index contributed by atoms with van der Waals surface area (Å²) in [5.74, 6) is -0.460. The molecule has 0 aliphatic rings. The van der Waals surface area contributed by atoms with Gasteiger partial charge in [0, 0.05) is 35.0 Å². The first-order chi connectivity index (χ1) is 15.9. The summed E-state index contributed by atoms with van der Waals surface area (Å²) in [6.45, 7) is 5.83. The molecule has 10 heteroatoms. The second-order valence-corrected chi connectivity index (χ2v) is 11.7. The number of sulfonamides is 1. The van der Waals surface area contributed by atoms with Gasteiger partial charge >= 0.3 is 0 Å². The number of hydrogen-bond acceptors (Lipinski definition) is 4. The molecule has 0 radical (unpaired) electrons. The summed E-state index contributed by atoms with van der Waals surface area (Å²) < 4.78 is 26.8. The molecule has 1 N–H and O–H groups in total. The maximum Gasteiger partial charge on any atom is 0.242 e. The van der Waals surface area contributed by atoms with Crippen molar-refractivity contribution in [2.75, 3.05) is 17.1 Å². The number of amides is 2. The van der Waals surface area contributed by atoms with Crippen molar-refractivity contribution in [3.8, 4) is 0 Å². The van der Waals surface area contributed by atoms with E-state index in [9.17, 15) is 18.0 Å². The molecule has 0 fully saturated rings. The van der Waals surface area contributed by atoms with Crippen LogP contribution in [0.1, 0.15) is 39.2 Å². The van der Waals surface area contributed by atoms with Crippen LogP contribution in [0.3, 0.4) is 0 Å². The number of carbonyl (C=O) groups excluding carboxylic acids is 2. The first kappa shape index (κ1) is 28.1. The van der Waals surface area contributed by atoms with Crippen LogP contribution in [0.25, 0.3) is 0 Å². The van der Waals surface area contributed by atoms with Crippen LogP contribution in [0.15, 0.2) is 53.0 Å². The Kier molecular flexibility index (Phi) is 10.4. The monoisotopic (exact) mass is 571 g/mol. The van der Waals surface area contributed by atoms with Gasteiger partial charge in [-0.3, -0.25) is 13.9 Å². The van der Waals surface area contributed by atoms with Gasteiger partial charge in [0.15, 0.2) is 0 Å². The smallest absolute Gasteiger partial charge is 0.242 e. The fourth-order valence-corrected chi connectivity index (χ4v) is 4.74. The normalized spacial score (nSPS) is 12.3. The molecule has 0 saturated carbocycles. The Balaban J connectivity index is 2.15. The summed E-state index contributed by atoms with van der Waals surface area (Å²) >= 11 is 9.32. The van der Waals surface area contributed by atoms with Crippen LogP contribution in [0.2, 0.25) is 5.02 Å². The van der Waals surface area contributed by atoms with Crippen molar-refractivity contribution in [1.82, 2.24) is 10.2 Å². The lowest BCUT2D eigenvalue weighted by molar-refractivity contribution is -0.140. The minimum absolute atomic E-state index is 0.0534. The number of hydrogen-bond donors (Lipinski definition) is 1. The minimum Gasteiger partial charge on any atom is -0.352 e. The summed E-state index contributed by atoms with van der Waals surface area (Å²) in [6.07, 6.45) is 1.51. The van der Waals surface area contributed by atoms with Gasteiger partial charge < -0.3 is 10.2 Å². The molecular formula is C24H31BrClN3O4S. The lowest BCUT2D eigenvalue weighted by Crippen LogP contribution is -2.49. The van der Waals surface area contributed by atoms with E-state index in [0.29, 0.717) is 17.1 Å². The van der Waals surface area contributed by atoms with Crippen LogP contribution >= 0.6 is 27.5 Å². The minimum atomic E-state index is -3.55. The third-order valence-electron chi connectivity index (χ3n) is 5.13. The Hall–Kier alpha value is -2.10. The standard InChI is InChI=1S/C24H31BrClN3O4S/c1-17(2)27-24(31)18(3)28(16-19-7-9-20(25)10-8-19)23(30)6-5-15-29(34(4,32)33)22-13-11-21(26)12-14-22/h7-14,17-18H,5-6,15-16H2,1-4H3,(H,27,31)/t18-/m1/s1. The van der Waals surface area contributed by atoms with Crippen LogP contribution in [0.4, 0.5) is 5.69 Å². The second kappa shape index (κ2) is 12.6. The molecule has 2 aromatic carbocycles. The number of nitrogens with zero attached hydrogens (tertiary/aromatic N) is 2. The molecule has 0 bridgehead atoms. The zero-order valence-corrected chi connectivity index (χ0v) is 23.0. The Labute approximate surface area is 215 Å². The van der Waals surface area contributed by atoms with Gasteiger partial charge in [-0.05, 0) is 69.2 Å². The molecule has 0 spiro atoms. The van der Waals surface area contributed by atoms with Crippen LogP contribution in [-0.4, -0.2) is 50.0 Å². The topological polar surface area (TPSA) is 86.8 Å². The summed E-state index contributed by atoms with van der Waals surface area (Å²) in [5.41, 5.74) is 1.37. The van der Waals surface area contributed by atoms with Crippen LogP contribution < -0.4 is 9.62 Å². The molecule has 0 saturated heterocycles. The number of anilines is 1. The second-order valence-electron chi connectivity index (χ2n) is 8.40. The van der Waals surface area contributed by atoms with Crippen molar-refractivity contribution >= 4 is 55.1 Å². The Bertz CT molecular complexity index is 1080. The van der Waals surface area contributed by atoms with E-state index in [2.05, 4.69) is 21.2 Å². The molecule has 2 aromatic rings. The molecule has 7 nitrogen and oxygen atoms in total. The number of nitrogens with one attached hydrogen (secondary N) is 1. The zero-order chi connectivity index (χ0) is 25.5. The van der Waals surface area contributed by atoms with Gasteiger partial charge in [-0.1, -0.05) is 39.7 Å². The predicted octanol–water partition coefficient (Wildman–Crippen LogP) is 4.59. The van der Waals surface area contributed by atoms with E-state index in [1.807, 2.05) is 38.1 Å². The first-order valence-corrected chi connectivity index (χ1v) is 14.0. The fraction of sp³-hybridized carbons (Fsp3) is 0.417. The van der Waals surface area contributed by atoms with Crippen LogP contribution in [0.5, 0.6) is 0 Å². The largest absolute Gasteiger partial charge is 0.352 e. The Morgan fingerprint density at radius 2 is 1.62 bits per heavy atom. The van der Waals surface area contributed by atoms with Crippen LogP contribution in [-0.2, 0) is 26.2 Å². The van der Waals surface area contributed by atoms with E-state index in [1.54, 1.807) is 31.2 Å². The zero-order valence-electron chi connectivity index (χ0n) is 19.8.